The van der Waals surface area contributed by atoms with Crippen molar-refractivity contribution in [1.82, 2.24) is 14.6 Å². The van der Waals surface area contributed by atoms with Crippen LogP contribution in [0.4, 0.5) is 0 Å². The molecule has 2 aliphatic heterocycles. The number of amides is 1. The lowest BCUT2D eigenvalue weighted by atomic mass is 10.1. The molecule has 2 aliphatic rings. The van der Waals surface area contributed by atoms with Gasteiger partial charge in [0.25, 0.3) is 5.91 Å². The Morgan fingerprint density at radius 3 is 2.62 bits per heavy atom. The SMILES string of the molecule is Cc1ncsc1C(=O)NC1CCN(S(=O)(=O)c2ccc3c(c2)OCCCO3)CC1. The Hall–Kier alpha value is -2.17. The summed E-state index contributed by atoms with van der Waals surface area (Å²) >= 11 is 1.31. The molecule has 10 heteroatoms. The lowest BCUT2D eigenvalue weighted by molar-refractivity contribution is 0.0927. The molecule has 1 aromatic carbocycles. The second-order valence-corrected chi connectivity index (χ2v) is 9.87. The molecule has 1 saturated heterocycles. The molecule has 1 fully saturated rings. The van der Waals surface area contributed by atoms with Crippen LogP contribution in [0, 0.1) is 6.92 Å². The molecule has 4 rings (SSSR count). The fraction of sp³-hybridized carbons (Fsp3) is 0.474. The van der Waals surface area contributed by atoms with Gasteiger partial charge in [-0.05, 0) is 31.9 Å². The lowest BCUT2D eigenvalue weighted by Gasteiger charge is -2.31. The number of hydrogen-bond donors (Lipinski definition) is 1. The summed E-state index contributed by atoms with van der Waals surface area (Å²) in [5, 5.41) is 3.00. The third-order valence-corrected chi connectivity index (χ3v) is 7.92. The molecule has 0 aliphatic carbocycles. The number of thiazole rings is 1. The molecule has 0 spiro atoms. The van der Waals surface area contributed by atoms with E-state index >= 15 is 0 Å². The van der Waals surface area contributed by atoms with Crippen LogP contribution in [0.15, 0.2) is 28.6 Å². The van der Waals surface area contributed by atoms with Crippen LogP contribution in [-0.2, 0) is 10.0 Å². The van der Waals surface area contributed by atoms with Gasteiger partial charge < -0.3 is 14.8 Å². The second kappa shape index (κ2) is 8.29. The zero-order valence-electron chi connectivity index (χ0n) is 16.1. The third-order valence-electron chi connectivity index (χ3n) is 5.10. The summed E-state index contributed by atoms with van der Waals surface area (Å²) in [5.41, 5.74) is 2.36. The van der Waals surface area contributed by atoms with E-state index in [1.54, 1.807) is 24.6 Å². The average Bonchev–Trinajstić information content (AvgIpc) is 3.01. The van der Waals surface area contributed by atoms with E-state index in [9.17, 15) is 13.2 Å². The van der Waals surface area contributed by atoms with Crippen molar-refractivity contribution in [3.63, 3.8) is 0 Å². The van der Waals surface area contributed by atoms with Gasteiger partial charge in [-0.25, -0.2) is 13.4 Å². The zero-order valence-corrected chi connectivity index (χ0v) is 17.7. The Labute approximate surface area is 173 Å². The van der Waals surface area contributed by atoms with Gasteiger partial charge in [-0.15, -0.1) is 11.3 Å². The van der Waals surface area contributed by atoms with Gasteiger partial charge in [-0.1, -0.05) is 0 Å². The van der Waals surface area contributed by atoms with Crippen molar-refractivity contribution in [2.24, 2.45) is 0 Å². The lowest BCUT2D eigenvalue weighted by Crippen LogP contribution is -2.46. The van der Waals surface area contributed by atoms with Crippen LogP contribution < -0.4 is 14.8 Å². The number of aryl methyl sites for hydroxylation is 1. The Bertz CT molecular complexity index is 997. The predicted octanol–water partition coefficient (Wildman–Crippen LogP) is 2.20. The highest BCUT2D eigenvalue weighted by atomic mass is 32.2. The first-order chi connectivity index (χ1) is 13.9. The molecular weight excluding hydrogens is 414 g/mol. The van der Waals surface area contributed by atoms with Crippen molar-refractivity contribution >= 4 is 27.3 Å². The fourth-order valence-electron chi connectivity index (χ4n) is 3.46. The van der Waals surface area contributed by atoms with E-state index in [-0.39, 0.29) is 16.8 Å². The van der Waals surface area contributed by atoms with Gasteiger partial charge in [-0.2, -0.15) is 4.31 Å². The molecule has 8 nitrogen and oxygen atoms in total. The van der Waals surface area contributed by atoms with Gasteiger partial charge in [-0.3, -0.25) is 4.79 Å². The van der Waals surface area contributed by atoms with Crippen molar-refractivity contribution < 1.29 is 22.7 Å². The van der Waals surface area contributed by atoms with Gasteiger partial charge in [0.15, 0.2) is 11.5 Å². The maximum Gasteiger partial charge on any atom is 0.263 e. The maximum absolute atomic E-state index is 13.1. The first kappa shape index (κ1) is 20.1. The van der Waals surface area contributed by atoms with Crippen molar-refractivity contribution in [3.05, 3.63) is 34.3 Å². The molecule has 3 heterocycles. The number of hydrogen-bond acceptors (Lipinski definition) is 7. The summed E-state index contributed by atoms with van der Waals surface area (Å²) in [6.07, 6.45) is 1.89. The summed E-state index contributed by atoms with van der Waals surface area (Å²) in [6, 6.07) is 4.69. The highest BCUT2D eigenvalue weighted by Crippen LogP contribution is 2.33. The Morgan fingerprint density at radius 1 is 1.21 bits per heavy atom. The molecule has 1 N–H and O–H groups in total. The third kappa shape index (κ3) is 4.24. The molecule has 1 amide bonds. The highest BCUT2D eigenvalue weighted by Gasteiger charge is 2.31. The molecule has 0 saturated carbocycles. The highest BCUT2D eigenvalue weighted by molar-refractivity contribution is 7.89. The number of sulfonamides is 1. The summed E-state index contributed by atoms with van der Waals surface area (Å²) in [4.78, 5) is 17.3. The van der Waals surface area contributed by atoms with Crippen LogP contribution in [-0.4, -0.2) is 56.0 Å². The number of benzene rings is 1. The van der Waals surface area contributed by atoms with E-state index in [1.807, 2.05) is 0 Å². The van der Waals surface area contributed by atoms with Gasteiger partial charge in [0.05, 0.1) is 29.3 Å². The predicted molar refractivity (Wildman–Crippen MR) is 108 cm³/mol. The largest absolute Gasteiger partial charge is 0.490 e. The van der Waals surface area contributed by atoms with Crippen molar-refractivity contribution in [2.75, 3.05) is 26.3 Å². The normalized spacial score (nSPS) is 18.2. The van der Waals surface area contributed by atoms with Gasteiger partial charge in [0, 0.05) is 31.6 Å². The Kier molecular flexibility index (Phi) is 5.75. The number of nitrogens with zero attached hydrogens (tertiary/aromatic N) is 2. The van der Waals surface area contributed by atoms with Crippen molar-refractivity contribution in [2.45, 2.75) is 37.1 Å². The Morgan fingerprint density at radius 2 is 1.93 bits per heavy atom. The summed E-state index contributed by atoms with van der Waals surface area (Å²) in [7, 11) is -3.63. The molecular formula is C19H23N3O5S2. The zero-order chi connectivity index (χ0) is 20.4. The molecule has 0 bridgehead atoms. The standard InChI is InChI=1S/C19H23N3O5S2/c1-13-18(28-12-20-13)19(23)21-14-5-7-22(8-6-14)29(24,25)15-3-4-16-17(11-15)27-10-2-9-26-16/h3-4,11-12,14H,2,5-10H2,1H3,(H,21,23). The minimum absolute atomic E-state index is 0.0563. The minimum Gasteiger partial charge on any atom is -0.490 e. The first-order valence-electron chi connectivity index (χ1n) is 9.56. The van der Waals surface area contributed by atoms with Crippen LogP contribution in [0.2, 0.25) is 0 Å². The Balaban J connectivity index is 1.40. The van der Waals surface area contributed by atoms with Crippen LogP contribution in [0.3, 0.4) is 0 Å². The van der Waals surface area contributed by atoms with Crippen LogP contribution in [0.1, 0.15) is 34.6 Å². The summed E-state index contributed by atoms with van der Waals surface area (Å²) in [6.45, 7) is 3.56. The summed E-state index contributed by atoms with van der Waals surface area (Å²) < 4.78 is 38.8. The molecule has 2 aromatic rings. The minimum atomic E-state index is -3.63. The number of rotatable bonds is 4. The maximum atomic E-state index is 13.1. The van der Waals surface area contributed by atoms with Crippen LogP contribution in [0.25, 0.3) is 0 Å². The number of carbonyl (C=O) groups excluding carboxylic acids is 1. The van der Waals surface area contributed by atoms with E-state index in [1.165, 1.54) is 21.7 Å². The number of carbonyl (C=O) groups is 1. The molecule has 0 radical (unpaired) electrons. The molecule has 0 atom stereocenters. The number of piperidine rings is 1. The van der Waals surface area contributed by atoms with E-state index in [0.29, 0.717) is 61.2 Å². The van der Waals surface area contributed by atoms with E-state index in [4.69, 9.17) is 9.47 Å². The number of fused-ring (bicyclic) bond motifs is 1. The van der Waals surface area contributed by atoms with Crippen LogP contribution >= 0.6 is 11.3 Å². The molecule has 156 valence electrons. The van der Waals surface area contributed by atoms with E-state index in [2.05, 4.69) is 10.3 Å². The smallest absolute Gasteiger partial charge is 0.263 e. The van der Waals surface area contributed by atoms with Crippen molar-refractivity contribution in [1.29, 1.82) is 0 Å². The topological polar surface area (TPSA) is 97.8 Å². The average molecular weight is 438 g/mol. The second-order valence-electron chi connectivity index (χ2n) is 7.08. The number of aromatic nitrogens is 1. The summed E-state index contributed by atoms with van der Waals surface area (Å²) in [5.74, 6) is 0.890. The molecule has 1 aromatic heterocycles. The van der Waals surface area contributed by atoms with Gasteiger partial charge in [0.2, 0.25) is 10.0 Å². The number of ether oxygens (including phenoxy) is 2. The molecule has 0 unspecified atom stereocenters. The van der Waals surface area contributed by atoms with Crippen LogP contribution in [0.5, 0.6) is 11.5 Å². The monoisotopic (exact) mass is 437 g/mol. The van der Waals surface area contributed by atoms with Crippen molar-refractivity contribution in [3.8, 4) is 11.5 Å². The molecule has 29 heavy (non-hydrogen) atoms. The van der Waals surface area contributed by atoms with E-state index in [0.717, 1.165) is 6.42 Å². The van der Waals surface area contributed by atoms with E-state index < -0.39 is 10.0 Å². The number of nitrogens with one attached hydrogen (secondary N) is 1. The quantitative estimate of drug-likeness (QED) is 0.788. The van der Waals surface area contributed by atoms with Gasteiger partial charge in [0.1, 0.15) is 4.88 Å². The fourth-order valence-corrected chi connectivity index (χ4v) is 5.66. The first-order valence-corrected chi connectivity index (χ1v) is 11.9. The van der Waals surface area contributed by atoms with Gasteiger partial charge >= 0.3 is 0 Å².